The Bertz CT molecular complexity index is 370. The summed E-state index contributed by atoms with van der Waals surface area (Å²) in [5.41, 5.74) is 1.28. The molecule has 1 fully saturated rings. The van der Waals surface area contributed by atoms with Crippen molar-refractivity contribution >= 4 is 5.82 Å². The fraction of sp³-hybridized carbons (Fsp3) is 0.643. The Balaban J connectivity index is 1.91. The number of nitrogens with one attached hydrogen (secondary N) is 1. The van der Waals surface area contributed by atoms with E-state index in [0.717, 1.165) is 32.1 Å². The molecule has 1 N–H and O–H groups in total. The van der Waals surface area contributed by atoms with Crippen LogP contribution in [0.3, 0.4) is 0 Å². The van der Waals surface area contributed by atoms with Crippen molar-refractivity contribution in [2.75, 3.05) is 38.3 Å². The number of aryl methyl sites for hydroxylation is 1. The number of anilines is 1. The zero-order valence-electron chi connectivity index (χ0n) is 11.4. The zero-order valence-corrected chi connectivity index (χ0v) is 11.4. The molecule has 2 heterocycles. The Hall–Kier alpha value is -1.13. The number of nitrogens with zero attached hydrogens (tertiary/aromatic N) is 2. The molecule has 0 saturated carbocycles. The summed E-state index contributed by atoms with van der Waals surface area (Å²) in [7, 11) is 1.74. The summed E-state index contributed by atoms with van der Waals surface area (Å²) in [5, 5.41) is 3.45. The lowest BCUT2D eigenvalue weighted by molar-refractivity contribution is 0.199. The third-order valence-electron chi connectivity index (χ3n) is 3.44. The maximum Gasteiger partial charge on any atom is 0.129 e. The van der Waals surface area contributed by atoms with Gasteiger partial charge in [0.2, 0.25) is 0 Å². The average Bonchev–Trinajstić information content (AvgIpc) is 2.83. The van der Waals surface area contributed by atoms with Gasteiger partial charge in [-0.15, -0.1) is 0 Å². The smallest absolute Gasteiger partial charge is 0.129 e. The number of aromatic nitrogens is 1. The molecule has 0 bridgehead atoms. The van der Waals surface area contributed by atoms with Crippen LogP contribution in [0.5, 0.6) is 0 Å². The van der Waals surface area contributed by atoms with Gasteiger partial charge in [-0.3, -0.25) is 0 Å². The number of ether oxygens (including phenoxy) is 1. The van der Waals surface area contributed by atoms with Gasteiger partial charge >= 0.3 is 0 Å². The van der Waals surface area contributed by atoms with E-state index < -0.39 is 0 Å². The van der Waals surface area contributed by atoms with Gasteiger partial charge in [-0.25, -0.2) is 4.98 Å². The van der Waals surface area contributed by atoms with Crippen molar-refractivity contribution in [2.45, 2.75) is 25.8 Å². The summed E-state index contributed by atoms with van der Waals surface area (Å²) in [6, 6.07) is 4.79. The standard InChI is InChI=1S/C14H23N3O/c1-12-5-6-16-14(10-12)17-8-3-4-13(17)11-15-7-9-18-2/h5-6,10,13,15H,3-4,7-9,11H2,1-2H3. The number of hydrogen-bond donors (Lipinski definition) is 1. The van der Waals surface area contributed by atoms with Crippen LogP contribution >= 0.6 is 0 Å². The van der Waals surface area contributed by atoms with Crippen LogP contribution in [0.25, 0.3) is 0 Å². The Morgan fingerprint density at radius 3 is 3.22 bits per heavy atom. The highest BCUT2D eigenvalue weighted by atomic mass is 16.5. The maximum absolute atomic E-state index is 5.05. The Kier molecular flexibility index (Phi) is 4.96. The third kappa shape index (κ3) is 3.43. The van der Waals surface area contributed by atoms with Crippen LogP contribution in [0.1, 0.15) is 18.4 Å². The van der Waals surface area contributed by atoms with Crippen molar-refractivity contribution in [3.8, 4) is 0 Å². The first-order valence-electron chi connectivity index (χ1n) is 6.70. The van der Waals surface area contributed by atoms with Gasteiger partial charge in [-0.1, -0.05) is 0 Å². The molecule has 0 spiro atoms. The number of rotatable bonds is 6. The highest BCUT2D eigenvalue weighted by molar-refractivity contribution is 5.43. The lowest BCUT2D eigenvalue weighted by Gasteiger charge is -2.26. The zero-order chi connectivity index (χ0) is 12.8. The van der Waals surface area contributed by atoms with Crippen molar-refractivity contribution < 1.29 is 4.74 Å². The van der Waals surface area contributed by atoms with Crippen molar-refractivity contribution in [3.05, 3.63) is 23.9 Å². The minimum Gasteiger partial charge on any atom is -0.383 e. The van der Waals surface area contributed by atoms with Crippen LogP contribution < -0.4 is 10.2 Å². The second kappa shape index (κ2) is 6.71. The fourth-order valence-corrected chi connectivity index (χ4v) is 2.47. The SMILES string of the molecule is COCCNCC1CCCN1c1cc(C)ccn1. The topological polar surface area (TPSA) is 37.4 Å². The van der Waals surface area contributed by atoms with E-state index in [1.165, 1.54) is 18.4 Å². The Labute approximate surface area is 109 Å². The van der Waals surface area contributed by atoms with E-state index in [4.69, 9.17) is 4.74 Å². The van der Waals surface area contributed by atoms with Gasteiger partial charge in [-0.2, -0.15) is 0 Å². The monoisotopic (exact) mass is 249 g/mol. The van der Waals surface area contributed by atoms with E-state index in [1.807, 2.05) is 12.3 Å². The molecule has 1 aliphatic heterocycles. The van der Waals surface area contributed by atoms with Crippen molar-refractivity contribution in [3.63, 3.8) is 0 Å². The molecular formula is C14H23N3O. The van der Waals surface area contributed by atoms with Crippen LogP contribution in [-0.4, -0.2) is 44.4 Å². The predicted molar refractivity (Wildman–Crippen MR) is 74.1 cm³/mol. The van der Waals surface area contributed by atoms with Crippen LogP contribution in [0.15, 0.2) is 18.3 Å². The van der Waals surface area contributed by atoms with Gasteiger partial charge in [-0.05, 0) is 37.5 Å². The molecule has 1 saturated heterocycles. The molecule has 2 rings (SSSR count). The van der Waals surface area contributed by atoms with E-state index in [9.17, 15) is 0 Å². The van der Waals surface area contributed by atoms with Crippen LogP contribution in [0.2, 0.25) is 0 Å². The largest absolute Gasteiger partial charge is 0.383 e. The average molecular weight is 249 g/mol. The predicted octanol–water partition coefficient (Wildman–Crippen LogP) is 1.59. The lowest BCUT2D eigenvalue weighted by atomic mass is 10.2. The lowest BCUT2D eigenvalue weighted by Crippen LogP contribution is -2.39. The van der Waals surface area contributed by atoms with Crippen molar-refractivity contribution in [1.29, 1.82) is 0 Å². The van der Waals surface area contributed by atoms with Gasteiger partial charge in [0, 0.05) is 39.0 Å². The first kappa shape index (κ1) is 13.3. The van der Waals surface area contributed by atoms with E-state index >= 15 is 0 Å². The number of hydrogen-bond acceptors (Lipinski definition) is 4. The molecule has 0 amide bonds. The molecule has 0 radical (unpaired) electrons. The van der Waals surface area contributed by atoms with Crippen molar-refractivity contribution in [1.82, 2.24) is 10.3 Å². The van der Waals surface area contributed by atoms with Gasteiger partial charge in [0.05, 0.1) is 6.61 Å². The summed E-state index contributed by atoms with van der Waals surface area (Å²) >= 11 is 0. The second-order valence-corrected chi connectivity index (χ2v) is 4.88. The Morgan fingerprint density at radius 2 is 2.44 bits per heavy atom. The summed E-state index contributed by atoms with van der Waals surface area (Å²) in [6.45, 7) is 5.94. The summed E-state index contributed by atoms with van der Waals surface area (Å²) < 4.78 is 5.05. The summed E-state index contributed by atoms with van der Waals surface area (Å²) in [5.74, 6) is 1.12. The molecule has 0 aromatic carbocycles. The fourth-order valence-electron chi connectivity index (χ4n) is 2.47. The van der Waals surface area contributed by atoms with Gasteiger partial charge in [0.15, 0.2) is 0 Å². The molecule has 18 heavy (non-hydrogen) atoms. The summed E-state index contributed by atoms with van der Waals surface area (Å²) in [4.78, 5) is 6.91. The minimum atomic E-state index is 0.566. The molecular weight excluding hydrogens is 226 g/mol. The van der Waals surface area contributed by atoms with E-state index in [1.54, 1.807) is 7.11 Å². The highest BCUT2D eigenvalue weighted by Gasteiger charge is 2.24. The first-order valence-corrected chi connectivity index (χ1v) is 6.70. The Morgan fingerprint density at radius 1 is 1.56 bits per heavy atom. The van der Waals surface area contributed by atoms with Crippen LogP contribution in [-0.2, 0) is 4.74 Å². The molecule has 1 aromatic rings. The molecule has 4 heteroatoms. The molecule has 1 unspecified atom stereocenters. The molecule has 0 aliphatic carbocycles. The van der Waals surface area contributed by atoms with Crippen LogP contribution in [0.4, 0.5) is 5.82 Å². The number of pyridine rings is 1. The molecule has 100 valence electrons. The van der Waals surface area contributed by atoms with E-state index in [-0.39, 0.29) is 0 Å². The maximum atomic E-state index is 5.05. The second-order valence-electron chi connectivity index (χ2n) is 4.88. The molecule has 4 nitrogen and oxygen atoms in total. The van der Waals surface area contributed by atoms with E-state index in [0.29, 0.717) is 6.04 Å². The van der Waals surface area contributed by atoms with Crippen LogP contribution in [0, 0.1) is 6.92 Å². The quantitative estimate of drug-likeness (QED) is 0.777. The molecule has 1 atom stereocenters. The molecule has 1 aliphatic rings. The first-order chi connectivity index (χ1) is 8.81. The van der Waals surface area contributed by atoms with Gasteiger partial charge < -0.3 is 15.0 Å². The normalized spacial score (nSPS) is 19.4. The van der Waals surface area contributed by atoms with Crippen molar-refractivity contribution in [2.24, 2.45) is 0 Å². The highest BCUT2D eigenvalue weighted by Crippen LogP contribution is 2.23. The third-order valence-corrected chi connectivity index (χ3v) is 3.44. The molecule has 1 aromatic heterocycles. The minimum absolute atomic E-state index is 0.566. The summed E-state index contributed by atoms with van der Waals surface area (Å²) in [6.07, 6.45) is 4.40. The number of methoxy groups -OCH3 is 1. The van der Waals surface area contributed by atoms with Gasteiger partial charge in [0.25, 0.3) is 0 Å². The van der Waals surface area contributed by atoms with E-state index in [2.05, 4.69) is 28.2 Å². The van der Waals surface area contributed by atoms with Gasteiger partial charge in [0.1, 0.15) is 5.82 Å².